The predicted molar refractivity (Wildman–Crippen MR) is 86.5 cm³/mol. The Labute approximate surface area is 137 Å². The average molecular weight is 320 g/mol. The van der Waals surface area contributed by atoms with E-state index in [-0.39, 0.29) is 17.3 Å². The molecule has 4 nitrogen and oxygen atoms in total. The number of rotatable bonds is 6. The Morgan fingerprint density at radius 2 is 1.96 bits per heavy atom. The Morgan fingerprint density at radius 1 is 1.30 bits per heavy atom. The Hall–Kier alpha value is -1.46. The van der Waals surface area contributed by atoms with Crippen LogP contribution in [-0.2, 0) is 15.1 Å². The van der Waals surface area contributed by atoms with Crippen molar-refractivity contribution >= 4 is 5.91 Å². The molecule has 23 heavy (non-hydrogen) atoms. The summed E-state index contributed by atoms with van der Waals surface area (Å²) in [6.45, 7) is 4.41. The molecule has 0 bridgehead atoms. The molecule has 1 aliphatic heterocycles. The number of halogens is 1. The predicted octanol–water partition coefficient (Wildman–Crippen LogP) is 2.43. The molecule has 0 atom stereocenters. The summed E-state index contributed by atoms with van der Waals surface area (Å²) in [5.41, 5.74) is 0.731. The van der Waals surface area contributed by atoms with Crippen molar-refractivity contribution in [3.05, 3.63) is 35.6 Å². The van der Waals surface area contributed by atoms with Crippen LogP contribution < -0.4 is 5.32 Å². The number of benzene rings is 1. The lowest BCUT2D eigenvalue weighted by Crippen LogP contribution is -2.51. The maximum atomic E-state index is 13.2. The Morgan fingerprint density at radius 3 is 2.52 bits per heavy atom. The first-order chi connectivity index (χ1) is 11.1. The van der Waals surface area contributed by atoms with Gasteiger partial charge in [-0.15, -0.1) is 0 Å². The van der Waals surface area contributed by atoms with Crippen molar-refractivity contribution in [2.75, 3.05) is 26.3 Å². The molecule has 2 aliphatic rings. The zero-order chi connectivity index (χ0) is 16.3. The lowest BCUT2D eigenvalue weighted by atomic mass is 9.82. The second-order valence-electron chi connectivity index (χ2n) is 6.47. The third-order valence-corrected chi connectivity index (χ3v) is 4.97. The van der Waals surface area contributed by atoms with E-state index in [2.05, 4.69) is 5.32 Å². The molecule has 5 heteroatoms. The number of ether oxygens (including phenoxy) is 1. The van der Waals surface area contributed by atoms with E-state index in [1.165, 1.54) is 12.1 Å². The minimum atomic E-state index is -0.301. The van der Waals surface area contributed by atoms with Gasteiger partial charge in [-0.2, -0.15) is 0 Å². The van der Waals surface area contributed by atoms with Crippen LogP contribution in [0.25, 0.3) is 0 Å². The second kappa shape index (κ2) is 6.97. The normalized spacial score (nSPS) is 20.3. The number of nitrogens with one attached hydrogen (secondary N) is 1. The van der Waals surface area contributed by atoms with Gasteiger partial charge in [-0.05, 0) is 50.3 Å². The van der Waals surface area contributed by atoms with Gasteiger partial charge in [0.15, 0.2) is 0 Å². The lowest BCUT2D eigenvalue weighted by molar-refractivity contribution is -0.131. The van der Waals surface area contributed by atoms with Gasteiger partial charge in [0.1, 0.15) is 5.82 Å². The molecule has 0 spiro atoms. The van der Waals surface area contributed by atoms with Gasteiger partial charge in [-0.1, -0.05) is 12.1 Å². The SMILES string of the molecule is CCN(C(=O)CNC1(c2ccc(F)cc2)CCOCC1)C1CC1. The molecule has 1 saturated carbocycles. The van der Waals surface area contributed by atoms with Gasteiger partial charge in [-0.3, -0.25) is 10.1 Å². The number of likely N-dealkylation sites (N-methyl/N-ethyl adjacent to an activating group) is 1. The summed E-state index contributed by atoms with van der Waals surface area (Å²) >= 11 is 0. The maximum Gasteiger partial charge on any atom is 0.236 e. The number of carbonyl (C=O) groups is 1. The first-order valence-corrected chi connectivity index (χ1v) is 8.53. The van der Waals surface area contributed by atoms with Crippen molar-refractivity contribution in [3.63, 3.8) is 0 Å². The summed E-state index contributed by atoms with van der Waals surface area (Å²) in [4.78, 5) is 14.5. The van der Waals surface area contributed by atoms with Crippen molar-refractivity contribution in [3.8, 4) is 0 Å². The van der Waals surface area contributed by atoms with E-state index in [1.54, 1.807) is 0 Å². The van der Waals surface area contributed by atoms with Gasteiger partial charge in [0, 0.05) is 31.3 Å². The van der Waals surface area contributed by atoms with Crippen molar-refractivity contribution in [2.45, 2.75) is 44.2 Å². The highest BCUT2D eigenvalue weighted by molar-refractivity contribution is 5.79. The monoisotopic (exact) mass is 320 g/mol. The number of hydrogen-bond acceptors (Lipinski definition) is 3. The quantitative estimate of drug-likeness (QED) is 0.875. The third-order valence-electron chi connectivity index (χ3n) is 4.97. The standard InChI is InChI=1S/C18H25FN2O2/c1-2-21(16-7-8-16)17(22)13-20-18(9-11-23-12-10-18)14-3-5-15(19)6-4-14/h3-6,16,20H,2,7-13H2,1H3. The Bertz CT molecular complexity index is 536. The van der Waals surface area contributed by atoms with Crippen molar-refractivity contribution in [2.24, 2.45) is 0 Å². The topological polar surface area (TPSA) is 41.6 Å². The summed E-state index contributed by atoms with van der Waals surface area (Å²) in [7, 11) is 0. The highest BCUT2D eigenvalue weighted by Crippen LogP contribution is 2.32. The van der Waals surface area contributed by atoms with Gasteiger partial charge in [0.25, 0.3) is 0 Å². The van der Waals surface area contributed by atoms with Gasteiger partial charge < -0.3 is 9.64 Å². The summed E-state index contributed by atoms with van der Waals surface area (Å²) in [6, 6.07) is 7.04. The molecule has 0 unspecified atom stereocenters. The minimum absolute atomic E-state index is 0.156. The molecule has 0 aromatic heterocycles. The summed E-state index contributed by atoms with van der Waals surface area (Å²) < 4.78 is 18.7. The summed E-state index contributed by atoms with van der Waals surface area (Å²) in [6.07, 6.45) is 3.83. The molecule has 3 rings (SSSR count). The molecular weight excluding hydrogens is 295 g/mol. The first-order valence-electron chi connectivity index (χ1n) is 8.53. The molecular formula is C18H25FN2O2. The van der Waals surface area contributed by atoms with E-state index in [0.29, 0.717) is 25.8 Å². The highest BCUT2D eigenvalue weighted by atomic mass is 19.1. The molecule has 1 saturated heterocycles. The van der Waals surface area contributed by atoms with Crippen LogP contribution in [0.5, 0.6) is 0 Å². The zero-order valence-electron chi connectivity index (χ0n) is 13.7. The number of nitrogens with zero attached hydrogens (tertiary/aromatic N) is 1. The average Bonchev–Trinajstić information content (AvgIpc) is 3.40. The largest absolute Gasteiger partial charge is 0.381 e. The Balaban J connectivity index is 1.71. The van der Waals surface area contributed by atoms with Gasteiger partial charge in [0.05, 0.1) is 6.54 Å². The minimum Gasteiger partial charge on any atom is -0.381 e. The van der Waals surface area contributed by atoms with E-state index in [4.69, 9.17) is 4.74 Å². The highest BCUT2D eigenvalue weighted by Gasteiger charge is 2.36. The van der Waals surface area contributed by atoms with Crippen molar-refractivity contribution in [1.82, 2.24) is 10.2 Å². The molecule has 1 aromatic carbocycles. The number of amides is 1. The number of hydrogen-bond donors (Lipinski definition) is 1. The van der Waals surface area contributed by atoms with Gasteiger partial charge in [-0.25, -0.2) is 4.39 Å². The zero-order valence-corrected chi connectivity index (χ0v) is 13.7. The fourth-order valence-electron chi connectivity index (χ4n) is 3.43. The van der Waals surface area contributed by atoms with Crippen LogP contribution in [0.3, 0.4) is 0 Å². The van der Waals surface area contributed by atoms with Crippen molar-refractivity contribution in [1.29, 1.82) is 0 Å². The molecule has 126 valence electrons. The van der Waals surface area contributed by atoms with E-state index in [0.717, 1.165) is 37.8 Å². The lowest BCUT2D eigenvalue weighted by Gasteiger charge is -2.39. The smallest absolute Gasteiger partial charge is 0.236 e. The van der Waals surface area contributed by atoms with Crippen LogP contribution in [0.15, 0.2) is 24.3 Å². The fourth-order valence-corrected chi connectivity index (χ4v) is 3.43. The third kappa shape index (κ3) is 3.72. The summed E-state index contributed by atoms with van der Waals surface area (Å²) in [5.74, 6) is -0.0825. The second-order valence-corrected chi connectivity index (χ2v) is 6.47. The maximum absolute atomic E-state index is 13.2. The van der Waals surface area contributed by atoms with Crippen LogP contribution in [-0.4, -0.2) is 43.2 Å². The van der Waals surface area contributed by atoms with Crippen LogP contribution in [0.1, 0.15) is 38.2 Å². The van der Waals surface area contributed by atoms with E-state index < -0.39 is 0 Å². The van der Waals surface area contributed by atoms with E-state index in [9.17, 15) is 9.18 Å². The Kier molecular flexibility index (Phi) is 4.97. The first kappa shape index (κ1) is 16.4. The van der Waals surface area contributed by atoms with Gasteiger partial charge in [0.2, 0.25) is 5.91 Å². The van der Waals surface area contributed by atoms with E-state index in [1.807, 2.05) is 24.0 Å². The molecule has 1 amide bonds. The van der Waals surface area contributed by atoms with Crippen LogP contribution in [0.4, 0.5) is 4.39 Å². The fraction of sp³-hybridized carbons (Fsp3) is 0.611. The van der Waals surface area contributed by atoms with Crippen molar-refractivity contribution < 1.29 is 13.9 Å². The van der Waals surface area contributed by atoms with Crippen LogP contribution in [0, 0.1) is 5.82 Å². The molecule has 0 radical (unpaired) electrons. The van der Waals surface area contributed by atoms with E-state index >= 15 is 0 Å². The molecule has 1 heterocycles. The molecule has 1 aromatic rings. The van der Waals surface area contributed by atoms with Gasteiger partial charge >= 0.3 is 0 Å². The van der Waals surface area contributed by atoms with Crippen LogP contribution in [0.2, 0.25) is 0 Å². The van der Waals surface area contributed by atoms with Crippen LogP contribution >= 0.6 is 0 Å². The molecule has 2 fully saturated rings. The molecule has 1 N–H and O–H groups in total. The molecule has 1 aliphatic carbocycles. The number of carbonyl (C=O) groups excluding carboxylic acids is 1. The summed E-state index contributed by atoms with van der Waals surface area (Å²) in [5, 5.41) is 3.47.